The lowest BCUT2D eigenvalue weighted by molar-refractivity contribution is 0.0713. The number of hydrogen-bond donors (Lipinski definition) is 1. The van der Waals surface area contributed by atoms with E-state index in [1.165, 1.54) is 11.5 Å². The summed E-state index contributed by atoms with van der Waals surface area (Å²) in [4.78, 5) is 14.6. The van der Waals surface area contributed by atoms with Gasteiger partial charge in [-0.15, -0.1) is 5.10 Å². The van der Waals surface area contributed by atoms with E-state index < -0.39 is 0 Å². The summed E-state index contributed by atoms with van der Waals surface area (Å²) in [5, 5.41) is 7.16. The molecule has 82 valence electrons. The summed E-state index contributed by atoms with van der Waals surface area (Å²) in [7, 11) is 0. The molecule has 2 heterocycles. The van der Waals surface area contributed by atoms with Crippen molar-refractivity contribution in [3.8, 4) is 0 Å². The standard InChI is InChI=1S/C9H14N4OS/c1-6-5-13(4-3-10-6)9(14)8-7(2)11-12-15-8/h6,10H,3-5H2,1-2H3/t6-/m0/s1. The number of aromatic nitrogens is 2. The second kappa shape index (κ2) is 4.24. The van der Waals surface area contributed by atoms with Gasteiger partial charge < -0.3 is 10.2 Å². The maximum Gasteiger partial charge on any atom is 0.267 e. The zero-order valence-electron chi connectivity index (χ0n) is 8.86. The summed E-state index contributed by atoms with van der Waals surface area (Å²) < 4.78 is 3.79. The van der Waals surface area contributed by atoms with Gasteiger partial charge in [-0.2, -0.15) is 0 Å². The van der Waals surface area contributed by atoms with Crippen LogP contribution in [0.3, 0.4) is 0 Å². The normalized spacial score (nSPS) is 21.7. The first-order valence-corrected chi connectivity index (χ1v) is 5.77. The van der Waals surface area contributed by atoms with Crippen molar-refractivity contribution in [2.45, 2.75) is 19.9 Å². The molecule has 2 rings (SSSR count). The van der Waals surface area contributed by atoms with E-state index in [0.29, 0.717) is 10.9 Å². The number of carbonyl (C=O) groups is 1. The van der Waals surface area contributed by atoms with Gasteiger partial charge in [0.2, 0.25) is 0 Å². The zero-order valence-corrected chi connectivity index (χ0v) is 9.67. The van der Waals surface area contributed by atoms with Crippen LogP contribution in [0.1, 0.15) is 22.3 Å². The van der Waals surface area contributed by atoms with E-state index in [1.54, 1.807) is 0 Å². The third-order valence-corrected chi connectivity index (χ3v) is 3.32. The van der Waals surface area contributed by atoms with E-state index in [0.717, 1.165) is 25.3 Å². The quantitative estimate of drug-likeness (QED) is 0.747. The summed E-state index contributed by atoms with van der Waals surface area (Å²) in [6, 6.07) is 0.365. The van der Waals surface area contributed by atoms with Crippen molar-refractivity contribution in [3.05, 3.63) is 10.6 Å². The van der Waals surface area contributed by atoms with Crippen LogP contribution in [-0.4, -0.2) is 46.1 Å². The molecule has 0 aliphatic carbocycles. The van der Waals surface area contributed by atoms with Crippen LogP contribution in [0.4, 0.5) is 0 Å². The fourth-order valence-corrected chi connectivity index (χ4v) is 2.31. The third kappa shape index (κ3) is 2.15. The molecule has 1 saturated heterocycles. The molecule has 0 saturated carbocycles. The average Bonchev–Trinajstić information content (AvgIpc) is 2.63. The molecule has 0 spiro atoms. The molecule has 6 heteroatoms. The number of hydrogen-bond acceptors (Lipinski definition) is 5. The van der Waals surface area contributed by atoms with Crippen LogP contribution in [0, 0.1) is 6.92 Å². The molecule has 1 fully saturated rings. The van der Waals surface area contributed by atoms with E-state index in [9.17, 15) is 4.79 Å². The average molecular weight is 226 g/mol. The van der Waals surface area contributed by atoms with Crippen LogP contribution in [0.5, 0.6) is 0 Å². The highest BCUT2D eigenvalue weighted by Crippen LogP contribution is 2.13. The molecule has 0 radical (unpaired) electrons. The van der Waals surface area contributed by atoms with Crippen LogP contribution >= 0.6 is 11.5 Å². The molecule has 1 aliphatic heterocycles. The number of amides is 1. The van der Waals surface area contributed by atoms with Crippen LogP contribution in [-0.2, 0) is 0 Å². The summed E-state index contributed by atoms with van der Waals surface area (Å²) in [6.07, 6.45) is 0. The van der Waals surface area contributed by atoms with Gasteiger partial charge in [-0.1, -0.05) is 4.49 Å². The van der Waals surface area contributed by atoms with E-state index in [2.05, 4.69) is 21.8 Å². The number of rotatable bonds is 1. The monoisotopic (exact) mass is 226 g/mol. The van der Waals surface area contributed by atoms with Gasteiger partial charge in [0.15, 0.2) is 0 Å². The van der Waals surface area contributed by atoms with Gasteiger partial charge in [0.1, 0.15) is 4.88 Å². The minimum Gasteiger partial charge on any atom is -0.335 e. The van der Waals surface area contributed by atoms with E-state index in [1.807, 2.05) is 11.8 Å². The summed E-state index contributed by atoms with van der Waals surface area (Å²) in [6.45, 7) is 6.29. The molecular formula is C9H14N4OS. The van der Waals surface area contributed by atoms with Crippen molar-refractivity contribution >= 4 is 17.4 Å². The Morgan fingerprint density at radius 2 is 2.47 bits per heavy atom. The lowest BCUT2D eigenvalue weighted by Crippen LogP contribution is -2.51. The fraction of sp³-hybridized carbons (Fsp3) is 0.667. The Morgan fingerprint density at radius 3 is 3.07 bits per heavy atom. The van der Waals surface area contributed by atoms with Crippen molar-refractivity contribution in [2.24, 2.45) is 0 Å². The van der Waals surface area contributed by atoms with Crippen LogP contribution in [0.25, 0.3) is 0 Å². The molecule has 0 aromatic carbocycles. The van der Waals surface area contributed by atoms with Crippen LogP contribution in [0.2, 0.25) is 0 Å². The largest absolute Gasteiger partial charge is 0.335 e. The van der Waals surface area contributed by atoms with Crippen molar-refractivity contribution < 1.29 is 4.79 Å². The predicted molar refractivity (Wildman–Crippen MR) is 58.0 cm³/mol. The smallest absolute Gasteiger partial charge is 0.267 e. The SMILES string of the molecule is Cc1nnsc1C(=O)N1CCN[C@@H](C)C1. The second-order valence-corrected chi connectivity index (χ2v) is 4.55. The first-order chi connectivity index (χ1) is 7.18. The predicted octanol–water partition coefficient (Wildman–Crippen LogP) is 0.280. The van der Waals surface area contributed by atoms with Gasteiger partial charge in [0, 0.05) is 25.7 Å². The van der Waals surface area contributed by atoms with Crippen LogP contribution in [0.15, 0.2) is 0 Å². The number of nitrogens with zero attached hydrogens (tertiary/aromatic N) is 3. The number of piperazine rings is 1. The van der Waals surface area contributed by atoms with Gasteiger partial charge in [-0.05, 0) is 25.4 Å². The maximum atomic E-state index is 12.1. The molecule has 1 amide bonds. The summed E-state index contributed by atoms with van der Waals surface area (Å²) in [5.41, 5.74) is 0.733. The van der Waals surface area contributed by atoms with E-state index >= 15 is 0 Å². The molecule has 15 heavy (non-hydrogen) atoms. The number of aryl methyl sites for hydroxylation is 1. The molecule has 0 bridgehead atoms. The Hall–Kier alpha value is -1.01. The third-order valence-electron chi connectivity index (χ3n) is 2.50. The lowest BCUT2D eigenvalue weighted by Gasteiger charge is -2.31. The number of carbonyl (C=O) groups excluding carboxylic acids is 1. The fourth-order valence-electron chi connectivity index (χ4n) is 1.69. The van der Waals surface area contributed by atoms with Crippen molar-refractivity contribution in [3.63, 3.8) is 0 Å². The molecule has 0 unspecified atom stereocenters. The van der Waals surface area contributed by atoms with Gasteiger partial charge in [-0.3, -0.25) is 4.79 Å². The second-order valence-electron chi connectivity index (χ2n) is 3.79. The Labute approximate surface area is 92.6 Å². The molecule has 1 aromatic heterocycles. The van der Waals surface area contributed by atoms with E-state index in [-0.39, 0.29) is 5.91 Å². The highest BCUT2D eigenvalue weighted by Gasteiger charge is 2.24. The Balaban J connectivity index is 2.11. The topological polar surface area (TPSA) is 58.1 Å². The Morgan fingerprint density at radius 1 is 1.67 bits per heavy atom. The Kier molecular flexibility index (Phi) is 2.97. The Bertz CT molecular complexity index is 365. The molecule has 1 aromatic rings. The van der Waals surface area contributed by atoms with Crippen molar-refractivity contribution in [1.82, 2.24) is 19.8 Å². The van der Waals surface area contributed by atoms with Gasteiger partial charge in [0.25, 0.3) is 5.91 Å². The molecular weight excluding hydrogens is 212 g/mol. The molecule has 5 nitrogen and oxygen atoms in total. The molecule has 1 aliphatic rings. The van der Waals surface area contributed by atoms with Gasteiger partial charge >= 0.3 is 0 Å². The number of nitrogens with one attached hydrogen (secondary N) is 1. The van der Waals surface area contributed by atoms with Crippen molar-refractivity contribution in [1.29, 1.82) is 0 Å². The first-order valence-electron chi connectivity index (χ1n) is 5.00. The highest BCUT2D eigenvalue weighted by atomic mass is 32.1. The summed E-state index contributed by atoms with van der Waals surface area (Å²) >= 11 is 1.18. The minimum atomic E-state index is 0.0656. The minimum absolute atomic E-state index is 0.0656. The zero-order chi connectivity index (χ0) is 10.8. The van der Waals surface area contributed by atoms with Gasteiger partial charge in [0.05, 0.1) is 5.69 Å². The highest BCUT2D eigenvalue weighted by molar-refractivity contribution is 7.07. The lowest BCUT2D eigenvalue weighted by atomic mass is 10.2. The van der Waals surface area contributed by atoms with Gasteiger partial charge in [-0.25, -0.2) is 0 Å². The van der Waals surface area contributed by atoms with Crippen LogP contribution < -0.4 is 5.32 Å². The molecule has 1 atom stereocenters. The van der Waals surface area contributed by atoms with Crippen molar-refractivity contribution in [2.75, 3.05) is 19.6 Å². The van der Waals surface area contributed by atoms with E-state index in [4.69, 9.17) is 0 Å². The first kappa shape index (κ1) is 10.5. The maximum absolute atomic E-state index is 12.1. The molecule has 1 N–H and O–H groups in total. The summed E-state index contributed by atoms with van der Waals surface area (Å²) in [5.74, 6) is 0.0656.